The number of hydrogen-bond donors (Lipinski definition) is 1. The minimum atomic E-state index is -0.619. The zero-order valence-electron chi connectivity index (χ0n) is 16.4. The van der Waals surface area contributed by atoms with Gasteiger partial charge < -0.3 is 15.2 Å². The van der Waals surface area contributed by atoms with E-state index in [0.717, 1.165) is 5.56 Å². The molecule has 3 heterocycles. The summed E-state index contributed by atoms with van der Waals surface area (Å²) in [6, 6.07) is 6.58. The van der Waals surface area contributed by atoms with Gasteiger partial charge in [-0.25, -0.2) is 4.79 Å². The fourth-order valence-electron chi connectivity index (χ4n) is 3.14. The largest absolute Gasteiger partial charge is 0.497 e. The molecule has 2 aromatic rings. The topological polar surface area (TPSA) is 125 Å². The number of benzene rings is 1. The molecule has 2 atom stereocenters. The second kappa shape index (κ2) is 8.28. The number of rotatable bonds is 6. The van der Waals surface area contributed by atoms with Gasteiger partial charge in [0.05, 0.1) is 14.2 Å². The van der Waals surface area contributed by atoms with Crippen LogP contribution in [0, 0.1) is 0 Å². The zero-order chi connectivity index (χ0) is 21.3. The molecular weight excluding hydrogens is 408 g/mol. The Morgan fingerprint density at radius 3 is 2.77 bits per heavy atom. The zero-order valence-corrected chi connectivity index (χ0v) is 17.2. The molecule has 0 unspecified atom stereocenters. The Morgan fingerprint density at radius 1 is 1.33 bits per heavy atom. The predicted molar refractivity (Wildman–Crippen MR) is 109 cm³/mol. The molecule has 11 heteroatoms. The number of hydrogen-bond acceptors (Lipinski definition) is 9. The van der Waals surface area contributed by atoms with Gasteiger partial charge >= 0.3 is 5.97 Å². The second-order valence-electron chi connectivity index (χ2n) is 6.70. The third-order valence-electron chi connectivity index (χ3n) is 4.72. The maximum atomic E-state index is 12.9. The van der Waals surface area contributed by atoms with E-state index in [1.165, 1.54) is 21.5 Å². The van der Waals surface area contributed by atoms with Crippen LogP contribution in [0.4, 0.5) is 0 Å². The lowest BCUT2D eigenvalue weighted by Crippen LogP contribution is -2.68. The standard InChI is InChI=1S/C19H20N6O4S/c1-24-22-14(21-23-24)8-5-12-10-30-18-15(20)17(26)25(18)16(12)19(27)29-9-11-3-6-13(28-2)7-4-11/h3-8,15,18H,9-10,20H2,1-2H3/t15-,18+/m1/s1. The van der Waals surface area contributed by atoms with E-state index < -0.39 is 12.0 Å². The first-order valence-electron chi connectivity index (χ1n) is 9.13. The summed E-state index contributed by atoms with van der Waals surface area (Å²) in [5, 5.41) is 11.5. The normalized spacial score (nSPS) is 20.9. The van der Waals surface area contributed by atoms with Gasteiger partial charge in [-0.3, -0.25) is 9.69 Å². The number of carbonyl (C=O) groups excluding carboxylic acids is 2. The predicted octanol–water partition coefficient (Wildman–Crippen LogP) is 0.472. The number of β-lactam (4-membered cyclic amide) rings is 1. The van der Waals surface area contributed by atoms with Crippen LogP contribution in [0.15, 0.2) is 41.6 Å². The molecule has 1 saturated heterocycles. The van der Waals surface area contributed by atoms with Crippen molar-refractivity contribution in [3.63, 3.8) is 0 Å². The third kappa shape index (κ3) is 3.81. The van der Waals surface area contributed by atoms with Gasteiger partial charge in [0, 0.05) is 5.75 Å². The van der Waals surface area contributed by atoms with Gasteiger partial charge in [-0.05, 0) is 34.6 Å². The van der Waals surface area contributed by atoms with Crippen LogP contribution in [0.2, 0.25) is 0 Å². The summed E-state index contributed by atoms with van der Waals surface area (Å²) in [6.07, 6.45) is 3.35. The highest BCUT2D eigenvalue weighted by Crippen LogP contribution is 2.40. The van der Waals surface area contributed by atoms with E-state index in [4.69, 9.17) is 15.2 Å². The number of tetrazole rings is 1. The second-order valence-corrected chi connectivity index (χ2v) is 7.81. The van der Waals surface area contributed by atoms with Crippen molar-refractivity contribution in [1.82, 2.24) is 25.1 Å². The van der Waals surface area contributed by atoms with Crippen LogP contribution in [0.1, 0.15) is 11.4 Å². The molecule has 1 amide bonds. The Bertz CT molecular complexity index is 1030. The summed E-state index contributed by atoms with van der Waals surface area (Å²) in [6.45, 7) is 0.0704. The Labute approximate surface area is 176 Å². The molecule has 4 rings (SSSR count). The monoisotopic (exact) mass is 428 g/mol. The Morgan fingerprint density at radius 2 is 2.10 bits per heavy atom. The van der Waals surface area contributed by atoms with Gasteiger partial charge in [-0.2, -0.15) is 4.80 Å². The number of nitrogens with two attached hydrogens (primary N) is 1. The van der Waals surface area contributed by atoms with Gasteiger partial charge in [-0.15, -0.1) is 22.0 Å². The van der Waals surface area contributed by atoms with E-state index in [9.17, 15) is 9.59 Å². The lowest BCUT2D eigenvalue weighted by Gasteiger charge is -2.48. The fourth-order valence-corrected chi connectivity index (χ4v) is 4.40. The number of allylic oxidation sites excluding steroid dienone is 1. The summed E-state index contributed by atoms with van der Waals surface area (Å²) in [7, 11) is 3.24. The van der Waals surface area contributed by atoms with Gasteiger partial charge in [0.15, 0.2) is 5.82 Å². The molecule has 1 fully saturated rings. The van der Waals surface area contributed by atoms with E-state index in [0.29, 0.717) is 22.9 Å². The van der Waals surface area contributed by atoms with Crippen molar-refractivity contribution in [2.45, 2.75) is 18.0 Å². The van der Waals surface area contributed by atoms with Crippen molar-refractivity contribution in [3.8, 4) is 5.75 Å². The molecule has 1 aromatic carbocycles. The Balaban J connectivity index is 1.56. The van der Waals surface area contributed by atoms with Crippen LogP contribution < -0.4 is 10.5 Å². The van der Waals surface area contributed by atoms with Crippen molar-refractivity contribution in [3.05, 3.63) is 53.0 Å². The van der Waals surface area contributed by atoms with Gasteiger partial charge in [0.25, 0.3) is 0 Å². The van der Waals surface area contributed by atoms with Crippen LogP contribution in [-0.2, 0) is 28.0 Å². The fraction of sp³-hybridized carbons (Fsp3) is 0.316. The quantitative estimate of drug-likeness (QED) is 0.516. The van der Waals surface area contributed by atoms with Crippen molar-refractivity contribution in [2.75, 3.05) is 12.9 Å². The van der Waals surface area contributed by atoms with Crippen molar-refractivity contribution >= 4 is 29.7 Å². The van der Waals surface area contributed by atoms with Crippen LogP contribution in [0.5, 0.6) is 5.75 Å². The van der Waals surface area contributed by atoms with Crippen LogP contribution >= 0.6 is 11.8 Å². The molecule has 10 nitrogen and oxygen atoms in total. The minimum absolute atomic E-state index is 0.0704. The molecule has 0 spiro atoms. The molecule has 2 aliphatic heterocycles. The number of thioether (sulfide) groups is 1. The highest BCUT2D eigenvalue weighted by molar-refractivity contribution is 8.00. The number of ether oxygens (including phenoxy) is 2. The first-order valence-corrected chi connectivity index (χ1v) is 10.2. The molecule has 2 N–H and O–H groups in total. The molecule has 1 aromatic heterocycles. The molecule has 0 saturated carbocycles. The molecule has 2 aliphatic rings. The van der Waals surface area contributed by atoms with Crippen LogP contribution in [0.3, 0.4) is 0 Å². The van der Waals surface area contributed by atoms with E-state index >= 15 is 0 Å². The maximum absolute atomic E-state index is 12.9. The molecule has 0 bridgehead atoms. The summed E-state index contributed by atoms with van der Waals surface area (Å²) < 4.78 is 10.6. The van der Waals surface area contributed by atoms with Crippen molar-refractivity contribution in [2.24, 2.45) is 12.8 Å². The summed E-state index contributed by atoms with van der Waals surface area (Å²) >= 11 is 1.50. The van der Waals surface area contributed by atoms with E-state index in [1.54, 1.807) is 38.4 Å². The number of carbonyl (C=O) groups is 2. The third-order valence-corrected chi connectivity index (χ3v) is 6.04. The lowest BCUT2D eigenvalue weighted by molar-refractivity contribution is -0.151. The van der Waals surface area contributed by atoms with E-state index in [-0.39, 0.29) is 23.6 Å². The lowest BCUT2D eigenvalue weighted by atomic mass is 10.0. The minimum Gasteiger partial charge on any atom is -0.497 e. The Kier molecular flexibility index (Phi) is 5.55. The molecule has 30 heavy (non-hydrogen) atoms. The first-order chi connectivity index (χ1) is 14.5. The average Bonchev–Trinajstić information content (AvgIpc) is 3.20. The van der Waals surface area contributed by atoms with E-state index in [2.05, 4.69) is 15.4 Å². The molecule has 0 radical (unpaired) electrons. The Hall–Kier alpha value is -3.18. The number of aryl methyl sites for hydroxylation is 1. The van der Waals surface area contributed by atoms with Crippen molar-refractivity contribution < 1.29 is 19.1 Å². The SMILES string of the molecule is COc1ccc(COC(=O)C2=C(C=Cc3nnn(C)n3)CS[C@H]3[C@H](N)C(=O)N23)cc1. The molecular formula is C19H20N6O4S. The van der Waals surface area contributed by atoms with Crippen molar-refractivity contribution in [1.29, 1.82) is 0 Å². The molecule has 0 aliphatic carbocycles. The number of esters is 1. The summed E-state index contributed by atoms with van der Waals surface area (Å²) in [5.74, 6) is 0.737. The maximum Gasteiger partial charge on any atom is 0.355 e. The first kappa shape index (κ1) is 20.1. The van der Waals surface area contributed by atoms with Gasteiger partial charge in [0.2, 0.25) is 5.91 Å². The number of amides is 1. The number of fused-ring (bicyclic) bond motifs is 1. The summed E-state index contributed by atoms with van der Waals surface area (Å²) in [4.78, 5) is 28.0. The number of nitrogens with zero attached hydrogens (tertiary/aromatic N) is 5. The number of aromatic nitrogens is 4. The van der Waals surface area contributed by atoms with E-state index in [1.807, 2.05) is 12.1 Å². The summed E-state index contributed by atoms with van der Waals surface area (Å²) in [5.41, 5.74) is 7.55. The average molecular weight is 428 g/mol. The van der Waals surface area contributed by atoms with Gasteiger partial charge in [0.1, 0.15) is 29.5 Å². The number of methoxy groups -OCH3 is 1. The van der Waals surface area contributed by atoms with Crippen LogP contribution in [0.25, 0.3) is 6.08 Å². The highest BCUT2D eigenvalue weighted by Gasteiger charge is 2.51. The van der Waals surface area contributed by atoms with Gasteiger partial charge in [-0.1, -0.05) is 18.2 Å². The smallest absolute Gasteiger partial charge is 0.355 e. The highest BCUT2D eigenvalue weighted by atomic mass is 32.2. The molecule has 156 valence electrons. The van der Waals surface area contributed by atoms with Crippen LogP contribution in [-0.4, -0.2) is 61.3 Å².